The van der Waals surface area contributed by atoms with Crippen molar-refractivity contribution in [2.24, 2.45) is 5.92 Å². The fraction of sp³-hybridized carbons (Fsp3) is 0.273. The van der Waals surface area contributed by atoms with E-state index >= 15 is 0 Å². The van der Waals surface area contributed by atoms with Crippen LogP contribution in [0, 0.1) is 27.4 Å². The number of ketones is 1. The smallest absolute Gasteiger partial charge is 0.293 e. The van der Waals surface area contributed by atoms with Gasteiger partial charge < -0.3 is 0 Å². The molecule has 0 aliphatic heterocycles. The third-order valence-electron chi connectivity index (χ3n) is 2.41. The van der Waals surface area contributed by atoms with Crippen molar-refractivity contribution in [3.05, 3.63) is 32.7 Å². The summed E-state index contributed by atoms with van der Waals surface area (Å²) in [5.41, 5.74) is 0.0873. The monoisotopic (exact) mass is 248 g/mol. The molecule has 0 bridgehead atoms. The van der Waals surface area contributed by atoms with Gasteiger partial charge in [0.1, 0.15) is 6.07 Å². The first-order chi connectivity index (χ1) is 8.11. The minimum absolute atomic E-state index is 0.00686. The van der Waals surface area contributed by atoms with Gasteiger partial charge >= 0.3 is 5.00 Å². The van der Waals surface area contributed by atoms with Gasteiger partial charge in [0.25, 0.3) is 0 Å². The highest BCUT2D eigenvalue weighted by molar-refractivity contribution is 7.16. The van der Waals surface area contributed by atoms with Crippen molar-refractivity contribution in [1.29, 1.82) is 5.26 Å². The molecule has 0 radical (unpaired) electrons. The summed E-state index contributed by atoms with van der Waals surface area (Å²) in [5.74, 6) is -0.167. The minimum Gasteiger partial charge on any atom is -0.293 e. The van der Waals surface area contributed by atoms with E-state index in [2.05, 4.69) is 0 Å². The number of hydrogen-bond acceptors (Lipinski definition) is 5. The second kappa shape index (κ2) is 4.47. The maximum atomic E-state index is 11.7. The van der Waals surface area contributed by atoms with Crippen LogP contribution in [0.5, 0.6) is 0 Å². The Morgan fingerprint density at radius 2 is 2.29 bits per heavy atom. The van der Waals surface area contributed by atoms with Crippen LogP contribution in [0.15, 0.2) is 17.7 Å². The number of carbonyl (C=O) groups is 1. The van der Waals surface area contributed by atoms with E-state index in [0.717, 1.165) is 24.2 Å². The molecule has 1 fully saturated rings. The first-order valence-corrected chi connectivity index (χ1v) is 5.83. The highest BCUT2D eigenvalue weighted by Gasteiger charge is 2.31. The summed E-state index contributed by atoms with van der Waals surface area (Å²) in [7, 11) is 0. The molecule has 17 heavy (non-hydrogen) atoms. The number of hydrogen-bond donors (Lipinski definition) is 0. The number of allylic oxidation sites excluding steroid dienone is 1. The van der Waals surface area contributed by atoms with Gasteiger partial charge in [-0.05, 0) is 25.0 Å². The molecular weight excluding hydrogens is 240 g/mol. The summed E-state index contributed by atoms with van der Waals surface area (Å²) >= 11 is 0.955. The number of nitriles is 1. The molecule has 5 nitrogen and oxygen atoms in total. The number of rotatable bonds is 4. The van der Waals surface area contributed by atoms with Crippen LogP contribution in [-0.2, 0) is 4.79 Å². The largest absolute Gasteiger partial charge is 0.324 e. The van der Waals surface area contributed by atoms with E-state index in [4.69, 9.17) is 5.26 Å². The first-order valence-electron chi connectivity index (χ1n) is 5.02. The van der Waals surface area contributed by atoms with Crippen LogP contribution in [-0.4, -0.2) is 10.7 Å². The van der Waals surface area contributed by atoms with Crippen LogP contribution in [0.2, 0.25) is 0 Å². The van der Waals surface area contributed by atoms with Gasteiger partial charge in [-0.3, -0.25) is 14.9 Å². The van der Waals surface area contributed by atoms with Crippen LogP contribution in [0.25, 0.3) is 6.08 Å². The summed E-state index contributed by atoms with van der Waals surface area (Å²) in [5, 5.41) is 19.4. The maximum Gasteiger partial charge on any atom is 0.324 e. The van der Waals surface area contributed by atoms with Crippen LogP contribution in [0.3, 0.4) is 0 Å². The fourth-order valence-corrected chi connectivity index (χ4v) is 2.15. The van der Waals surface area contributed by atoms with Gasteiger partial charge in [-0.1, -0.05) is 11.3 Å². The Morgan fingerprint density at radius 1 is 1.59 bits per heavy atom. The summed E-state index contributed by atoms with van der Waals surface area (Å²) in [6.45, 7) is 0. The van der Waals surface area contributed by atoms with E-state index in [9.17, 15) is 14.9 Å². The zero-order valence-corrected chi connectivity index (χ0v) is 9.57. The second-order valence-electron chi connectivity index (χ2n) is 3.74. The van der Waals surface area contributed by atoms with Crippen molar-refractivity contribution < 1.29 is 9.72 Å². The average molecular weight is 248 g/mol. The molecule has 0 spiro atoms. The van der Waals surface area contributed by atoms with Gasteiger partial charge in [-0.25, -0.2) is 0 Å². The Bertz CT molecular complexity index is 549. The minimum atomic E-state index is -0.489. The molecular formula is C11H8N2O3S. The van der Waals surface area contributed by atoms with E-state index in [-0.39, 0.29) is 22.3 Å². The molecule has 86 valence electrons. The maximum absolute atomic E-state index is 11.7. The molecule has 1 aliphatic carbocycles. The van der Waals surface area contributed by atoms with E-state index in [1.165, 1.54) is 12.1 Å². The van der Waals surface area contributed by atoms with Gasteiger partial charge in [-0.15, -0.1) is 0 Å². The molecule has 0 N–H and O–H groups in total. The number of carbonyl (C=O) groups excluding carboxylic acids is 1. The third-order valence-corrected chi connectivity index (χ3v) is 3.40. The van der Waals surface area contributed by atoms with Crippen LogP contribution in [0.4, 0.5) is 5.00 Å². The molecule has 0 unspecified atom stereocenters. The normalized spacial score (nSPS) is 15.4. The van der Waals surface area contributed by atoms with Crippen LogP contribution >= 0.6 is 11.3 Å². The highest BCUT2D eigenvalue weighted by atomic mass is 32.1. The van der Waals surface area contributed by atoms with Gasteiger partial charge in [0.15, 0.2) is 5.78 Å². The Balaban J connectivity index is 2.23. The molecule has 0 atom stereocenters. The van der Waals surface area contributed by atoms with Crippen molar-refractivity contribution in [3.8, 4) is 6.07 Å². The van der Waals surface area contributed by atoms with Crippen molar-refractivity contribution in [3.63, 3.8) is 0 Å². The molecule has 0 aromatic carbocycles. The predicted molar refractivity (Wildman–Crippen MR) is 62.3 cm³/mol. The molecule has 1 aromatic rings. The van der Waals surface area contributed by atoms with E-state index in [0.29, 0.717) is 4.88 Å². The molecule has 6 heteroatoms. The summed E-state index contributed by atoms with van der Waals surface area (Å²) in [6.07, 6.45) is 3.10. The van der Waals surface area contributed by atoms with Crippen molar-refractivity contribution >= 4 is 28.2 Å². The average Bonchev–Trinajstić information content (AvgIpc) is 3.04. The zero-order chi connectivity index (χ0) is 12.4. The van der Waals surface area contributed by atoms with E-state index < -0.39 is 4.92 Å². The predicted octanol–water partition coefficient (Wildman–Crippen LogP) is 2.54. The molecule has 2 rings (SSSR count). The van der Waals surface area contributed by atoms with Crippen LogP contribution in [0.1, 0.15) is 17.7 Å². The number of thiophene rings is 1. The lowest BCUT2D eigenvalue weighted by Gasteiger charge is -1.93. The Hall–Kier alpha value is -2.00. The van der Waals surface area contributed by atoms with Crippen molar-refractivity contribution in [1.82, 2.24) is 0 Å². The quantitative estimate of drug-likeness (QED) is 0.354. The number of nitrogens with zero attached hydrogens (tertiary/aromatic N) is 2. The van der Waals surface area contributed by atoms with Crippen LogP contribution < -0.4 is 0 Å². The first kappa shape index (κ1) is 11.5. The SMILES string of the molecule is N#CC(=Cc1ccc([N+](=O)[O-])s1)C(=O)C1CC1. The van der Waals surface area contributed by atoms with Crippen molar-refractivity contribution in [2.75, 3.05) is 0 Å². The topological polar surface area (TPSA) is 84.0 Å². The lowest BCUT2D eigenvalue weighted by atomic mass is 10.1. The molecule has 1 heterocycles. The second-order valence-corrected chi connectivity index (χ2v) is 4.84. The fourth-order valence-electron chi connectivity index (χ4n) is 1.38. The highest BCUT2D eigenvalue weighted by Crippen LogP contribution is 2.33. The summed E-state index contributed by atoms with van der Waals surface area (Å²) < 4.78 is 0. The standard InChI is InChI=1S/C11H8N2O3S/c12-6-8(11(14)7-1-2-7)5-9-3-4-10(17-9)13(15)16/h3-5,7H,1-2H2. The zero-order valence-electron chi connectivity index (χ0n) is 8.75. The molecule has 0 amide bonds. The Labute approximate surface area is 101 Å². The lowest BCUT2D eigenvalue weighted by molar-refractivity contribution is -0.380. The van der Waals surface area contributed by atoms with Gasteiger partial charge in [0.05, 0.1) is 10.5 Å². The third kappa shape index (κ3) is 2.57. The van der Waals surface area contributed by atoms with Gasteiger partial charge in [0.2, 0.25) is 0 Å². The number of Topliss-reactive ketones (excluding diaryl/α,β-unsaturated/α-hetero) is 1. The summed E-state index contributed by atoms with van der Waals surface area (Å²) in [6, 6.07) is 4.77. The molecule has 1 saturated carbocycles. The molecule has 0 saturated heterocycles. The van der Waals surface area contributed by atoms with Gasteiger partial charge in [-0.2, -0.15) is 5.26 Å². The summed E-state index contributed by atoms with van der Waals surface area (Å²) in [4.78, 5) is 22.2. The Morgan fingerprint density at radius 3 is 2.76 bits per heavy atom. The van der Waals surface area contributed by atoms with E-state index in [1.807, 2.05) is 6.07 Å². The molecule has 1 aromatic heterocycles. The van der Waals surface area contributed by atoms with E-state index in [1.54, 1.807) is 6.07 Å². The van der Waals surface area contributed by atoms with Gasteiger partial charge in [0, 0.05) is 16.9 Å². The Kier molecular flexibility index (Phi) is 3.02. The number of nitro groups is 1. The molecule has 1 aliphatic rings. The van der Waals surface area contributed by atoms with Crippen molar-refractivity contribution in [2.45, 2.75) is 12.8 Å². The lowest BCUT2D eigenvalue weighted by Crippen LogP contribution is -2.02.